The molecule has 2 aromatic rings. The molecule has 29 heavy (non-hydrogen) atoms. The number of amides is 1. The van der Waals surface area contributed by atoms with Gasteiger partial charge < -0.3 is 15.0 Å². The van der Waals surface area contributed by atoms with Gasteiger partial charge in [0.1, 0.15) is 13.7 Å². The lowest BCUT2D eigenvalue weighted by atomic mass is 9.97. The zero-order valence-electron chi connectivity index (χ0n) is 18.0. The number of oxime groups is 2. The standard InChI is InChI=1S/C23H29N3O3/c1-7-18-12-8-11-16(3)21(18)17(4)25-29-14-20-15(2)10-9-13-19(20)22(26-28-6)23(27)24-5/h8-13H,7,14H2,1-6H3,(H,24,27)/b25-17+,26-22+. The van der Waals surface area contributed by atoms with Crippen molar-refractivity contribution in [2.24, 2.45) is 10.3 Å². The summed E-state index contributed by atoms with van der Waals surface area (Å²) in [5.41, 5.74) is 7.02. The largest absolute Gasteiger partial charge is 0.398 e. The van der Waals surface area contributed by atoms with Crippen LogP contribution in [0.2, 0.25) is 0 Å². The summed E-state index contributed by atoms with van der Waals surface area (Å²) in [6.45, 7) is 8.32. The molecule has 1 amide bonds. The summed E-state index contributed by atoms with van der Waals surface area (Å²) in [6.07, 6.45) is 0.925. The van der Waals surface area contributed by atoms with Crippen LogP contribution in [0.1, 0.15) is 47.2 Å². The quantitative estimate of drug-likeness (QED) is 0.544. The number of nitrogens with zero attached hydrogens (tertiary/aromatic N) is 2. The van der Waals surface area contributed by atoms with Crippen molar-refractivity contribution in [1.29, 1.82) is 0 Å². The van der Waals surface area contributed by atoms with Crippen LogP contribution in [-0.2, 0) is 27.5 Å². The fourth-order valence-electron chi connectivity index (χ4n) is 3.32. The van der Waals surface area contributed by atoms with E-state index in [0.717, 1.165) is 28.8 Å². The molecule has 6 nitrogen and oxygen atoms in total. The monoisotopic (exact) mass is 395 g/mol. The number of likely N-dealkylation sites (N-methyl/N-ethyl adjacent to an activating group) is 1. The van der Waals surface area contributed by atoms with Gasteiger partial charge in [-0.2, -0.15) is 0 Å². The highest BCUT2D eigenvalue weighted by Crippen LogP contribution is 2.19. The van der Waals surface area contributed by atoms with E-state index in [0.29, 0.717) is 5.56 Å². The van der Waals surface area contributed by atoms with Crippen LogP contribution in [0.4, 0.5) is 0 Å². The normalized spacial score (nSPS) is 11.9. The van der Waals surface area contributed by atoms with Gasteiger partial charge in [0.25, 0.3) is 5.91 Å². The second kappa shape index (κ2) is 10.4. The summed E-state index contributed by atoms with van der Waals surface area (Å²) < 4.78 is 0. The van der Waals surface area contributed by atoms with Gasteiger partial charge in [0.2, 0.25) is 0 Å². The van der Waals surface area contributed by atoms with Gasteiger partial charge in [0, 0.05) is 23.7 Å². The van der Waals surface area contributed by atoms with E-state index in [1.807, 2.05) is 32.0 Å². The first-order valence-electron chi connectivity index (χ1n) is 9.62. The van der Waals surface area contributed by atoms with Gasteiger partial charge in [-0.1, -0.05) is 53.6 Å². The maximum absolute atomic E-state index is 12.3. The Morgan fingerprint density at radius 1 is 1.07 bits per heavy atom. The van der Waals surface area contributed by atoms with Gasteiger partial charge >= 0.3 is 0 Å². The van der Waals surface area contributed by atoms with E-state index in [4.69, 9.17) is 9.68 Å². The molecule has 0 saturated heterocycles. The Morgan fingerprint density at radius 3 is 2.41 bits per heavy atom. The minimum absolute atomic E-state index is 0.199. The first-order chi connectivity index (χ1) is 13.9. The topological polar surface area (TPSA) is 72.3 Å². The Balaban J connectivity index is 2.33. The van der Waals surface area contributed by atoms with Gasteiger partial charge in [-0.25, -0.2) is 0 Å². The molecule has 6 heteroatoms. The molecule has 0 unspecified atom stereocenters. The molecule has 0 aliphatic heterocycles. The maximum atomic E-state index is 12.3. The van der Waals surface area contributed by atoms with Crippen molar-refractivity contribution in [3.8, 4) is 0 Å². The van der Waals surface area contributed by atoms with Crippen molar-refractivity contribution in [2.75, 3.05) is 14.2 Å². The van der Waals surface area contributed by atoms with Crippen molar-refractivity contribution >= 4 is 17.3 Å². The van der Waals surface area contributed by atoms with Crippen LogP contribution in [0.3, 0.4) is 0 Å². The molecule has 0 aliphatic rings. The summed E-state index contributed by atoms with van der Waals surface area (Å²) in [6, 6.07) is 11.9. The zero-order valence-corrected chi connectivity index (χ0v) is 18.0. The van der Waals surface area contributed by atoms with E-state index in [1.165, 1.54) is 18.2 Å². The second-order valence-corrected chi connectivity index (χ2v) is 6.72. The Kier molecular flexibility index (Phi) is 7.95. The third kappa shape index (κ3) is 5.22. The Bertz CT molecular complexity index is 933. The lowest BCUT2D eigenvalue weighted by Crippen LogP contribution is -2.29. The number of hydrogen-bond donors (Lipinski definition) is 1. The molecule has 0 saturated carbocycles. The molecule has 0 bridgehead atoms. The highest BCUT2D eigenvalue weighted by Gasteiger charge is 2.19. The number of rotatable bonds is 8. The van der Waals surface area contributed by atoms with Gasteiger partial charge in [-0.05, 0) is 43.9 Å². The lowest BCUT2D eigenvalue weighted by molar-refractivity contribution is -0.114. The molecule has 154 valence electrons. The molecule has 0 radical (unpaired) electrons. The van der Waals surface area contributed by atoms with Crippen LogP contribution < -0.4 is 5.32 Å². The lowest BCUT2D eigenvalue weighted by Gasteiger charge is -2.14. The van der Waals surface area contributed by atoms with E-state index in [1.54, 1.807) is 7.05 Å². The number of nitrogens with one attached hydrogen (secondary N) is 1. The third-order valence-electron chi connectivity index (χ3n) is 4.80. The summed E-state index contributed by atoms with van der Waals surface area (Å²) >= 11 is 0. The fraction of sp³-hybridized carbons (Fsp3) is 0.348. The van der Waals surface area contributed by atoms with Crippen LogP contribution in [-0.4, -0.2) is 31.5 Å². The van der Waals surface area contributed by atoms with Crippen LogP contribution in [0.15, 0.2) is 46.7 Å². The molecular formula is C23H29N3O3. The van der Waals surface area contributed by atoms with Crippen molar-refractivity contribution < 1.29 is 14.5 Å². The minimum Gasteiger partial charge on any atom is -0.398 e. The summed E-state index contributed by atoms with van der Waals surface area (Å²) in [5.74, 6) is -0.328. The molecule has 2 aromatic carbocycles. The molecule has 1 N–H and O–H groups in total. The molecule has 0 atom stereocenters. The predicted molar refractivity (Wildman–Crippen MR) is 116 cm³/mol. The van der Waals surface area contributed by atoms with Crippen LogP contribution in [0.5, 0.6) is 0 Å². The van der Waals surface area contributed by atoms with E-state index in [-0.39, 0.29) is 18.2 Å². The minimum atomic E-state index is -0.328. The highest BCUT2D eigenvalue weighted by atomic mass is 16.6. The summed E-state index contributed by atoms with van der Waals surface area (Å²) in [4.78, 5) is 22.8. The van der Waals surface area contributed by atoms with Crippen LogP contribution in [0, 0.1) is 13.8 Å². The van der Waals surface area contributed by atoms with E-state index < -0.39 is 0 Å². The van der Waals surface area contributed by atoms with Crippen LogP contribution >= 0.6 is 0 Å². The molecule has 0 spiro atoms. The van der Waals surface area contributed by atoms with Gasteiger partial charge in [-0.15, -0.1) is 0 Å². The molecule has 0 aliphatic carbocycles. The average Bonchev–Trinajstić information content (AvgIpc) is 2.72. The molecule has 0 heterocycles. The molecule has 0 aromatic heterocycles. The number of hydrogen-bond acceptors (Lipinski definition) is 5. The number of benzene rings is 2. The maximum Gasteiger partial charge on any atom is 0.273 e. The smallest absolute Gasteiger partial charge is 0.273 e. The number of aryl methyl sites for hydroxylation is 3. The molecule has 0 fully saturated rings. The van der Waals surface area contributed by atoms with Crippen LogP contribution in [0.25, 0.3) is 0 Å². The van der Waals surface area contributed by atoms with Crippen molar-refractivity contribution in [3.63, 3.8) is 0 Å². The summed E-state index contributed by atoms with van der Waals surface area (Å²) in [7, 11) is 2.97. The average molecular weight is 396 g/mol. The predicted octanol–water partition coefficient (Wildman–Crippen LogP) is 3.90. The Labute approximate surface area is 172 Å². The first kappa shape index (κ1) is 22.1. The number of carbonyl (C=O) groups excluding carboxylic acids is 1. The Hall–Kier alpha value is -3.15. The van der Waals surface area contributed by atoms with Crippen molar-refractivity contribution in [1.82, 2.24) is 5.32 Å². The fourth-order valence-corrected chi connectivity index (χ4v) is 3.32. The molecular weight excluding hydrogens is 366 g/mol. The SMILES string of the molecule is CCc1cccc(C)c1/C(C)=N/OCc1c(C)cccc1/C(=N\OC)C(=O)NC. The number of carbonyl (C=O) groups is 1. The van der Waals surface area contributed by atoms with E-state index in [9.17, 15) is 4.79 Å². The molecule has 2 rings (SSSR count). The Morgan fingerprint density at radius 2 is 1.76 bits per heavy atom. The van der Waals surface area contributed by atoms with Gasteiger partial charge in [-0.3, -0.25) is 4.79 Å². The van der Waals surface area contributed by atoms with Crippen molar-refractivity contribution in [2.45, 2.75) is 40.7 Å². The zero-order chi connectivity index (χ0) is 21.4. The van der Waals surface area contributed by atoms with Gasteiger partial charge in [0.15, 0.2) is 5.71 Å². The summed E-state index contributed by atoms with van der Waals surface area (Å²) in [5, 5.41) is 10.9. The van der Waals surface area contributed by atoms with Crippen molar-refractivity contribution in [3.05, 3.63) is 69.8 Å². The van der Waals surface area contributed by atoms with E-state index in [2.05, 4.69) is 47.7 Å². The third-order valence-corrected chi connectivity index (χ3v) is 4.80. The van der Waals surface area contributed by atoms with Gasteiger partial charge in [0.05, 0.1) is 5.71 Å². The first-order valence-corrected chi connectivity index (χ1v) is 9.62. The highest BCUT2D eigenvalue weighted by molar-refractivity contribution is 6.45. The second-order valence-electron chi connectivity index (χ2n) is 6.72. The van der Waals surface area contributed by atoms with E-state index >= 15 is 0 Å².